The summed E-state index contributed by atoms with van der Waals surface area (Å²) in [6, 6.07) is 5.35. The monoisotopic (exact) mass is 334 g/mol. The number of halogens is 3. The van der Waals surface area contributed by atoms with Crippen LogP contribution in [-0.2, 0) is 16.4 Å². The minimum absolute atomic E-state index is 0.0244. The second-order valence-corrected chi connectivity index (χ2v) is 8.01. The largest absolute Gasteiger partial charge is 0.573 e. The molecule has 2 unspecified atom stereocenters. The van der Waals surface area contributed by atoms with Crippen LogP contribution in [0, 0.1) is 0 Å². The van der Waals surface area contributed by atoms with E-state index >= 15 is 0 Å². The van der Waals surface area contributed by atoms with Gasteiger partial charge >= 0.3 is 6.36 Å². The lowest BCUT2D eigenvalue weighted by atomic mass is 9.80. The highest BCUT2D eigenvalue weighted by atomic mass is 32.2. The Morgan fingerprint density at radius 3 is 2.18 bits per heavy atom. The summed E-state index contributed by atoms with van der Waals surface area (Å²) in [6.07, 6.45) is -1.24. The number of aliphatic hydroxyl groups is 1. The van der Waals surface area contributed by atoms with Crippen molar-refractivity contribution >= 4 is 10.8 Å². The molecule has 3 rings (SSSR count). The van der Waals surface area contributed by atoms with E-state index in [2.05, 4.69) is 4.74 Å². The highest BCUT2D eigenvalue weighted by Crippen LogP contribution is 2.44. The van der Waals surface area contributed by atoms with E-state index in [1.54, 1.807) is 0 Å². The van der Waals surface area contributed by atoms with Crippen molar-refractivity contribution in [2.75, 3.05) is 0 Å². The van der Waals surface area contributed by atoms with Crippen molar-refractivity contribution in [1.82, 2.24) is 0 Å². The summed E-state index contributed by atoms with van der Waals surface area (Å²) in [5.41, 5.74) is -0.545. The van der Waals surface area contributed by atoms with Gasteiger partial charge in [-0.1, -0.05) is 18.6 Å². The van der Waals surface area contributed by atoms with Crippen molar-refractivity contribution in [2.24, 2.45) is 0 Å². The van der Waals surface area contributed by atoms with Crippen molar-refractivity contribution in [3.05, 3.63) is 29.8 Å². The molecular formula is C15H17F3O3S. The summed E-state index contributed by atoms with van der Waals surface area (Å²) < 4.78 is 52.5. The summed E-state index contributed by atoms with van der Waals surface area (Å²) in [7, 11) is -0.908. The Kier molecular flexibility index (Phi) is 3.97. The summed E-state index contributed by atoms with van der Waals surface area (Å²) in [6.45, 7) is 0. The first kappa shape index (κ1) is 15.8. The molecule has 2 fully saturated rings. The molecule has 0 amide bonds. The van der Waals surface area contributed by atoms with Crippen LogP contribution < -0.4 is 4.74 Å². The molecule has 1 N–H and O–H groups in total. The van der Waals surface area contributed by atoms with Crippen LogP contribution in [0.2, 0.25) is 0 Å². The Morgan fingerprint density at radius 2 is 1.68 bits per heavy atom. The number of hydrogen-bond donors (Lipinski definition) is 1. The molecule has 0 aliphatic carbocycles. The third-order valence-electron chi connectivity index (χ3n) is 4.47. The zero-order chi connectivity index (χ0) is 16.0. The topological polar surface area (TPSA) is 46.5 Å². The molecule has 2 saturated heterocycles. The van der Waals surface area contributed by atoms with Gasteiger partial charge in [-0.3, -0.25) is 4.21 Å². The second-order valence-electron chi connectivity index (χ2n) is 6.02. The van der Waals surface area contributed by atoms with Gasteiger partial charge in [0.25, 0.3) is 0 Å². The number of alkyl halides is 3. The number of fused-ring (bicyclic) bond motifs is 2. The van der Waals surface area contributed by atoms with Crippen LogP contribution >= 0.6 is 0 Å². The maximum Gasteiger partial charge on any atom is 0.573 e. The molecule has 2 heterocycles. The zero-order valence-corrected chi connectivity index (χ0v) is 12.6. The zero-order valence-electron chi connectivity index (χ0n) is 11.8. The van der Waals surface area contributed by atoms with Gasteiger partial charge in [-0.15, -0.1) is 13.2 Å². The normalized spacial score (nSPS) is 35.2. The first-order chi connectivity index (χ1) is 10.3. The molecule has 0 saturated carbocycles. The number of rotatable bonds is 2. The Balaban J connectivity index is 1.80. The summed E-state index contributed by atoms with van der Waals surface area (Å²) >= 11 is 0. The average molecular weight is 334 g/mol. The molecule has 1 aromatic carbocycles. The van der Waals surface area contributed by atoms with Crippen molar-refractivity contribution in [2.45, 2.75) is 54.6 Å². The van der Waals surface area contributed by atoms with E-state index in [4.69, 9.17) is 0 Å². The molecule has 2 aliphatic rings. The number of benzene rings is 1. The van der Waals surface area contributed by atoms with E-state index in [-0.39, 0.29) is 16.2 Å². The fourth-order valence-corrected chi connectivity index (χ4v) is 5.71. The lowest BCUT2D eigenvalue weighted by Gasteiger charge is -2.43. The quantitative estimate of drug-likeness (QED) is 0.903. The van der Waals surface area contributed by atoms with Gasteiger partial charge in [0.2, 0.25) is 0 Å². The maximum absolute atomic E-state index is 12.2. The fourth-order valence-electron chi connectivity index (χ4n) is 3.49. The fraction of sp³-hybridized carbons (Fsp3) is 0.600. The van der Waals surface area contributed by atoms with Gasteiger partial charge in [0.15, 0.2) is 0 Å². The summed E-state index contributed by atoms with van der Waals surface area (Å²) in [5.74, 6) is -0.306. The van der Waals surface area contributed by atoms with Gasteiger partial charge in [-0.25, -0.2) is 0 Å². The number of ether oxygens (including phenoxy) is 1. The van der Waals surface area contributed by atoms with Crippen LogP contribution in [0.15, 0.2) is 24.3 Å². The van der Waals surface area contributed by atoms with Gasteiger partial charge in [0, 0.05) is 21.3 Å². The average Bonchev–Trinajstić information content (AvgIpc) is 2.40. The van der Waals surface area contributed by atoms with E-state index < -0.39 is 22.8 Å². The Hall–Kier alpha value is -1.08. The molecule has 7 heteroatoms. The molecule has 0 spiro atoms. The van der Waals surface area contributed by atoms with E-state index in [1.807, 2.05) is 0 Å². The van der Waals surface area contributed by atoms with E-state index in [0.717, 1.165) is 19.3 Å². The molecular weight excluding hydrogens is 317 g/mol. The Morgan fingerprint density at radius 1 is 1.14 bits per heavy atom. The molecule has 3 nitrogen and oxygen atoms in total. The molecule has 0 aromatic heterocycles. The van der Waals surface area contributed by atoms with Crippen molar-refractivity contribution < 1.29 is 27.2 Å². The molecule has 2 atom stereocenters. The lowest BCUT2D eigenvalue weighted by Crippen LogP contribution is -2.47. The van der Waals surface area contributed by atoms with Crippen LogP contribution in [0.25, 0.3) is 0 Å². The molecule has 2 bridgehead atoms. The van der Waals surface area contributed by atoms with Gasteiger partial charge in [-0.2, -0.15) is 0 Å². The Labute approximate surface area is 128 Å². The minimum Gasteiger partial charge on any atom is -0.406 e. The summed E-state index contributed by atoms with van der Waals surface area (Å²) in [4.78, 5) is 0. The standard InChI is InChI=1S/C15H17F3O3S/c16-15(17,18)21-11-6-4-10(5-7-11)14(19)8-12-2-1-3-13(9-14)22(12)20/h4-7,12-13,19H,1-3,8-9H2. The van der Waals surface area contributed by atoms with E-state index in [0.29, 0.717) is 18.4 Å². The van der Waals surface area contributed by atoms with Crippen molar-refractivity contribution in [1.29, 1.82) is 0 Å². The number of hydrogen-bond acceptors (Lipinski definition) is 3. The molecule has 0 radical (unpaired) electrons. The van der Waals surface area contributed by atoms with Crippen molar-refractivity contribution in [3.8, 4) is 5.75 Å². The van der Waals surface area contributed by atoms with Crippen LogP contribution in [0.1, 0.15) is 37.7 Å². The smallest absolute Gasteiger partial charge is 0.406 e. The highest BCUT2D eigenvalue weighted by molar-refractivity contribution is 7.86. The molecule has 122 valence electrons. The summed E-state index contributed by atoms with van der Waals surface area (Å²) in [5, 5.41) is 10.8. The van der Waals surface area contributed by atoms with Gasteiger partial charge in [0.1, 0.15) is 5.75 Å². The van der Waals surface area contributed by atoms with E-state index in [1.165, 1.54) is 24.3 Å². The molecule has 1 aromatic rings. The Bertz CT molecular complexity index is 554. The van der Waals surface area contributed by atoms with Crippen molar-refractivity contribution in [3.63, 3.8) is 0 Å². The maximum atomic E-state index is 12.2. The second kappa shape index (κ2) is 5.53. The SMILES string of the molecule is O=S1C2CCCC1CC(O)(c1ccc(OC(F)(F)F)cc1)C2. The third kappa shape index (κ3) is 3.15. The lowest BCUT2D eigenvalue weighted by molar-refractivity contribution is -0.274. The minimum atomic E-state index is -4.73. The third-order valence-corrected chi connectivity index (χ3v) is 6.58. The van der Waals surface area contributed by atoms with Gasteiger partial charge in [0.05, 0.1) is 5.60 Å². The first-order valence-corrected chi connectivity index (χ1v) is 8.52. The van der Waals surface area contributed by atoms with Crippen LogP contribution in [0.5, 0.6) is 5.75 Å². The molecule has 22 heavy (non-hydrogen) atoms. The first-order valence-electron chi connectivity index (χ1n) is 7.25. The predicted molar refractivity (Wildman–Crippen MR) is 75.8 cm³/mol. The van der Waals surface area contributed by atoms with Crippen LogP contribution in [0.3, 0.4) is 0 Å². The highest BCUT2D eigenvalue weighted by Gasteiger charge is 2.46. The van der Waals surface area contributed by atoms with Gasteiger partial charge in [-0.05, 0) is 43.4 Å². The van der Waals surface area contributed by atoms with E-state index in [9.17, 15) is 22.5 Å². The predicted octanol–water partition coefficient (Wildman–Crippen LogP) is 3.24. The molecule has 2 aliphatic heterocycles. The van der Waals surface area contributed by atoms with Crippen LogP contribution in [-0.4, -0.2) is 26.2 Å². The van der Waals surface area contributed by atoms with Crippen LogP contribution in [0.4, 0.5) is 13.2 Å². The van der Waals surface area contributed by atoms with Gasteiger partial charge < -0.3 is 9.84 Å².